The molecule has 1 aliphatic rings. The van der Waals surface area contributed by atoms with Gasteiger partial charge in [-0.15, -0.1) is 0 Å². The number of fused-ring (bicyclic) bond motifs is 2. The zero-order chi connectivity index (χ0) is 20.5. The number of anilines is 1. The predicted octanol–water partition coefficient (Wildman–Crippen LogP) is 4.78. The summed E-state index contributed by atoms with van der Waals surface area (Å²) in [6, 6.07) is 10.9. The van der Waals surface area contributed by atoms with Gasteiger partial charge in [-0.2, -0.15) is 0 Å². The summed E-state index contributed by atoms with van der Waals surface area (Å²) in [6.45, 7) is 6.83. The summed E-state index contributed by atoms with van der Waals surface area (Å²) in [4.78, 5) is 20.4. The first-order chi connectivity index (χ1) is 13.9. The molecule has 4 nitrogen and oxygen atoms in total. The van der Waals surface area contributed by atoms with E-state index in [1.807, 2.05) is 24.3 Å². The minimum Gasteiger partial charge on any atom is -0.322 e. The fraction of sp³-hybridized carbons (Fsp3) is 0.304. The van der Waals surface area contributed by atoms with E-state index in [1.165, 1.54) is 6.07 Å². The number of amides is 1. The van der Waals surface area contributed by atoms with Crippen LogP contribution >= 0.6 is 0 Å². The van der Waals surface area contributed by atoms with Crippen LogP contribution in [-0.2, 0) is 13.0 Å². The molecule has 29 heavy (non-hydrogen) atoms. The largest absolute Gasteiger partial charge is 0.322 e. The number of hydrogen-bond acceptors (Lipinski definition) is 3. The van der Waals surface area contributed by atoms with E-state index < -0.39 is 11.6 Å². The van der Waals surface area contributed by atoms with Gasteiger partial charge in [-0.3, -0.25) is 14.7 Å². The van der Waals surface area contributed by atoms with Crippen molar-refractivity contribution in [1.82, 2.24) is 9.88 Å². The lowest BCUT2D eigenvalue weighted by molar-refractivity contribution is 0.102. The molecule has 6 heteroatoms. The van der Waals surface area contributed by atoms with Gasteiger partial charge in [-0.1, -0.05) is 32.0 Å². The van der Waals surface area contributed by atoms with Crippen LogP contribution in [0.2, 0.25) is 0 Å². The molecule has 0 spiro atoms. The van der Waals surface area contributed by atoms with Crippen LogP contribution in [-0.4, -0.2) is 28.9 Å². The van der Waals surface area contributed by atoms with Crippen LogP contribution in [0.25, 0.3) is 10.9 Å². The molecular weight excluding hydrogens is 372 g/mol. The zero-order valence-corrected chi connectivity index (χ0v) is 16.5. The summed E-state index contributed by atoms with van der Waals surface area (Å²) in [5, 5.41) is 3.49. The number of para-hydroxylation sites is 1. The van der Waals surface area contributed by atoms with Crippen molar-refractivity contribution < 1.29 is 13.6 Å². The third kappa shape index (κ3) is 3.98. The monoisotopic (exact) mass is 395 g/mol. The maximum atomic E-state index is 13.6. The van der Waals surface area contributed by atoms with Gasteiger partial charge in [0.1, 0.15) is 0 Å². The van der Waals surface area contributed by atoms with Gasteiger partial charge in [0, 0.05) is 54.5 Å². The van der Waals surface area contributed by atoms with Crippen molar-refractivity contribution in [3.63, 3.8) is 0 Å². The second-order valence-electron chi connectivity index (χ2n) is 7.89. The summed E-state index contributed by atoms with van der Waals surface area (Å²) in [6.07, 6.45) is 0.776. The first kappa shape index (κ1) is 19.5. The van der Waals surface area contributed by atoms with Gasteiger partial charge in [0.2, 0.25) is 0 Å². The molecule has 1 aromatic heterocycles. The molecular formula is C23H23F2N3O. The van der Waals surface area contributed by atoms with Crippen molar-refractivity contribution in [3.8, 4) is 0 Å². The molecule has 3 aromatic rings. The molecule has 1 amide bonds. The summed E-state index contributed by atoms with van der Waals surface area (Å²) in [7, 11) is 0. The Labute approximate surface area is 168 Å². The quantitative estimate of drug-likeness (QED) is 0.692. The number of hydrogen-bond donors (Lipinski definition) is 1. The first-order valence-electron chi connectivity index (χ1n) is 9.81. The lowest BCUT2D eigenvalue weighted by Crippen LogP contribution is -2.35. The fourth-order valence-corrected chi connectivity index (χ4v) is 3.95. The van der Waals surface area contributed by atoms with E-state index in [0.717, 1.165) is 53.8 Å². The van der Waals surface area contributed by atoms with Gasteiger partial charge in [0.15, 0.2) is 11.6 Å². The lowest BCUT2D eigenvalue weighted by atomic mass is 9.94. The number of rotatable bonds is 4. The van der Waals surface area contributed by atoms with Crippen molar-refractivity contribution in [1.29, 1.82) is 0 Å². The van der Waals surface area contributed by atoms with Crippen molar-refractivity contribution in [2.45, 2.75) is 26.8 Å². The smallest absolute Gasteiger partial charge is 0.256 e. The van der Waals surface area contributed by atoms with Crippen LogP contribution in [0.15, 0.2) is 42.5 Å². The Bertz CT molecular complexity index is 1080. The SMILES string of the molecule is CC(C)CN1CCc2nc3ccccc3c(C(=O)Nc3ccc(F)c(F)c3)c2C1. The van der Waals surface area contributed by atoms with Gasteiger partial charge < -0.3 is 5.32 Å². The van der Waals surface area contributed by atoms with E-state index in [9.17, 15) is 13.6 Å². The van der Waals surface area contributed by atoms with Crippen LogP contribution in [0.3, 0.4) is 0 Å². The highest BCUT2D eigenvalue weighted by Crippen LogP contribution is 2.29. The van der Waals surface area contributed by atoms with Gasteiger partial charge in [0.25, 0.3) is 5.91 Å². The van der Waals surface area contributed by atoms with Crippen molar-refractivity contribution in [3.05, 3.63) is 70.9 Å². The van der Waals surface area contributed by atoms with E-state index in [2.05, 4.69) is 24.1 Å². The molecule has 1 N–H and O–H groups in total. The summed E-state index contributed by atoms with van der Waals surface area (Å²) < 4.78 is 26.8. The molecule has 0 unspecified atom stereocenters. The van der Waals surface area contributed by atoms with Crippen LogP contribution in [0.5, 0.6) is 0 Å². The highest BCUT2D eigenvalue weighted by Gasteiger charge is 2.26. The van der Waals surface area contributed by atoms with Crippen LogP contribution in [0.1, 0.15) is 35.5 Å². The van der Waals surface area contributed by atoms with Crippen LogP contribution in [0.4, 0.5) is 14.5 Å². The van der Waals surface area contributed by atoms with Gasteiger partial charge in [0.05, 0.1) is 11.1 Å². The van der Waals surface area contributed by atoms with Crippen molar-refractivity contribution in [2.24, 2.45) is 5.92 Å². The third-order valence-electron chi connectivity index (χ3n) is 5.15. The number of pyridine rings is 1. The molecule has 2 heterocycles. The molecule has 0 saturated heterocycles. The average molecular weight is 395 g/mol. The molecule has 4 rings (SSSR count). The number of halogens is 2. The number of benzene rings is 2. The second kappa shape index (κ2) is 7.87. The highest BCUT2D eigenvalue weighted by atomic mass is 19.2. The molecule has 0 fully saturated rings. The van der Waals surface area contributed by atoms with Gasteiger partial charge in [-0.05, 0) is 24.1 Å². The molecule has 0 atom stereocenters. The maximum Gasteiger partial charge on any atom is 0.256 e. The first-order valence-corrected chi connectivity index (χ1v) is 9.81. The van der Waals surface area contributed by atoms with Crippen molar-refractivity contribution in [2.75, 3.05) is 18.4 Å². The molecule has 1 aliphatic heterocycles. The Morgan fingerprint density at radius 2 is 1.97 bits per heavy atom. The lowest BCUT2D eigenvalue weighted by Gasteiger charge is -2.31. The summed E-state index contributed by atoms with van der Waals surface area (Å²) in [5.74, 6) is -1.76. The molecule has 150 valence electrons. The minimum absolute atomic E-state index is 0.221. The van der Waals surface area contributed by atoms with Crippen molar-refractivity contribution >= 4 is 22.5 Å². The Morgan fingerprint density at radius 3 is 2.72 bits per heavy atom. The summed E-state index contributed by atoms with van der Waals surface area (Å²) >= 11 is 0. The highest BCUT2D eigenvalue weighted by molar-refractivity contribution is 6.13. The molecule has 0 aliphatic carbocycles. The topological polar surface area (TPSA) is 45.2 Å². The standard InChI is InChI=1S/C23H23F2N3O/c1-14(2)12-28-10-9-21-17(13-28)22(16-5-3-4-6-20(16)27-21)23(29)26-15-7-8-18(24)19(25)11-15/h3-8,11,14H,9-10,12-13H2,1-2H3,(H,26,29). The zero-order valence-electron chi connectivity index (χ0n) is 16.5. The number of carbonyl (C=O) groups is 1. The van der Waals surface area contributed by atoms with Crippen LogP contribution in [0, 0.1) is 17.6 Å². The van der Waals surface area contributed by atoms with E-state index in [4.69, 9.17) is 4.98 Å². The third-order valence-corrected chi connectivity index (χ3v) is 5.15. The number of aromatic nitrogens is 1. The number of nitrogens with zero attached hydrogens (tertiary/aromatic N) is 2. The average Bonchev–Trinajstić information content (AvgIpc) is 2.68. The van der Waals surface area contributed by atoms with E-state index in [1.54, 1.807) is 0 Å². The fourth-order valence-electron chi connectivity index (χ4n) is 3.95. The Hall–Kier alpha value is -2.86. The maximum absolute atomic E-state index is 13.6. The Kier molecular flexibility index (Phi) is 5.28. The molecule has 0 radical (unpaired) electrons. The van der Waals surface area contributed by atoms with E-state index in [0.29, 0.717) is 18.0 Å². The van der Waals surface area contributed by atoms with Crippen LogP contribution < -0.4 is 5.32 Å². The Balaban J connectivity index is 1.77. The molecule has 2 aromatic carbocycles. The van der Waals surface area contributed by atoms with Gasteiger partial charge in [-0.25, -0.2) is 8.78 Å². The second-order valence-corrected chi connectivity index (χ2v) is 7.89. The van der Waals surface area contributed by atoms with Gasteiger partial charge >= 0.3 is 0 Å². The number of carbonyl (C=O) groups excluding carboxylic acids is 1. The van der Waals surface area contributed by atoms with E-state index >= 15 is 0 Å². The molecule has 0 saturated carbocycles. The van der Waals surface area contributed by atoms with E-state index in [-0.39, 0.29) is 11.6 Å². The Morgan fingerprint density at radius 1 is 1.17 bits per heavy atom. The minimum atomic E-state index is -0.993. The predicted molar refractivity (Wildman–Crippen MR) is 110 cm³/mol. The normalized spacial score (nSPS) is 14.2. The summed E-state index contributed by atoms with van der Waals surface area (Å²) in [5.41, 5.74) is 3.39. The molecule has 0 bridgehead atoms. The number of nitrogens with one attached hydrogen (secondary N) is 1.